The van der Waals surface area contributed by atoms with Gasteiger partial charge in [0.1, 0.15) is 5.82 Å². The SMILES string of the molecule is CCC(C)CC(Br)c1ccc(F)c(Br)c1. The summed E-state index contributed by atoms with van der Waals surface area (Å²) in [5.74, 6) is 0.472. The van der Waals surface area contributed by atoms with Crippen molar-refractivity contribution in [2.45, 2.75) is 31.5 Å². The molecule has 1 rings (SSSR count). The summed E-state index contributed by atoms with van der Waals surface area (Å²) < 4.78 is 13.6. The lowest BCUT2D eigenvalue weighted by molar-refractivity contribution is 0.514. The van der Waals surface area contributed by atoms with E-state index in [9.17, 15) is 4.39 Å². The highest BCUT2D eigenvalue weighted by Gasteiger charge is 2.12. The Bertz CT molecular complexity index is 325. The smallest absolute Gasteiger partial charge is 0.137 e. The van der Waals surface area contributed by atoms with Gasteiger partial charge in [-0.3, -0.25) is 0 Å². The van der Waals surface area contributed by atoms with Crippen molar-refractivity contribution in [1.29, 1.82) is 0 Å². The highest BCUT2D eigenvalue weighted by molar-refractivity contribution is 9.10. The maximum atomic E-state index is 13.0. The summed E-state index contributed by atoms with van der Waals surface area (Å²) in [6.45, 7) is 4.41. The van der Waals surface area contributed by atoms with E-state index in [-0.39, 0.29) is 5.82 Å². The molecule has 15 heavy (non-hydrogen) atoms. The van der Waals surface area contributed by atoms with Gasteiger partial charge < -0.3 is 0 Å². The fraction of sp³-hybridized carbons (Fsp3) is 0.500. The van der Waals surface area contributed by atoms with Gasteiger partial charge in [-0.1, -0.05) is 42.3 Å². The second-order valence-electron chi connectivity index (χ2n) is 3.89. The lowest BCUT2D eigenvalue weighted by Crippen LogP contribution is -1.99. The van der Waals surface area contributed by atoms with Crippen molar-refractivity contribution in [3.63, 3.8) is 0 Å². The van der Waals surface area contributed by atoms with Gasteiger partial charge in [0.05, 0.1) is 4.47 Å². The first-order chi connectivity index (χ1) is 7.04. The standard InChI is InChI=1S/C12H15Br2F/c1-3-8(2)6-10(13)9-4-5-12(15)11(14)7-9/h4-5,7-8,10H,3,6H2,1-2H3. The third-order valence-electron chi connectivity index (χ3n) is 2.61. The first-order valence-electron chi connectivity index (χ1n) is 5.13. The summed E-state index contributed by atoms with van der Waals surface area (Å²) in [6.07, 6.45) is 2.25. The van der Waals surface area contributed by atoms with Crippen molar-refractivity contribution in [1.82, 2.24) is 0 Å². The molecule has 0 aliphatic heterocycles. The Morgan fingerprint density at radius 3 is 2.60 bits per heavy atom. The van der Waals surface area contributed by atoms with Crippen LogP contribution in [0.25, 0.3) is 0 Å². The van der Waals surface area contributed by atoms with Gasteiger partial charge in [0, 0.05) is 4.83 Å². The molecule has 0 aromatic heterocycles. The van der Waals surface area contributed by atoms with Gasteiger partial charge in [-0.25, -0.2) is 4.39 Å². The summed E-state index contributed by atoms with van der Waals surface area (Å²) in [4.78, 5) is 0.310. The normalized spacial score (nSPS) is 15.0. The van der Waals surface area contributed by atoms with Gasteiger partial charge in [-0.15, -0.1) is 0 Å². The van der Waals surface area contributed by atoms with Gasteiger partial charge in [-0.05, 0) is 46.0 Å². The van der Waals surface area contributed by atoms with E-state index in [1.54, 1.807) is 0 Å². The average Bonchev–Trinajstić information content (AvgIpc) is 2.21. The van der Waals surface area contributed by atoms with Crippen LogP contribution >= 0.6 is 31.9 Å². The molecule has 0 nitrogen and oxygen atoms in total. The molecule has 0 N–H and O–H groups in total. The first kappa shape index (κ1) is 13.2. The largest absolute Gasteiger partial charge is 0.206 e. The summed E-state index contributed by atoms with van der Waals surface area (Å²) in [5.41, 5.74) is 1.13. The van der Waals surface area contributed by atoms with Crippen LogP contribution < -0.4 is 0 Å². The van der Waals surface area contributed by atoms with Crippen molar-refractivity contribution in [3.8, 4) is 0 Å². The number of benzene rings is 1. The van der Waals surface area contributed by atoms with Crippen LogP contribution in [0.3, 0.4) is 0 Å². The molecule has 2 unspecified atom stereocenters. The van der Waals surface area contributed by atoms with Crippen molar-refractivity contribution in [2.24, 2.45) is 5.92 Å². The number of rotatable bonds is 4. The van der Waals surface area contributed by atoms with Crippen LogP contribution in [0.15, 0.2) is 22.7 Å². The van der Waals surface area contributed by atoms with Crippen LogP contribution in [0.5, 0.6) is 0 Å². The molecule has 0 fully saturated rings. The van der Waals surface area contributed by atoms with E-state index in [0.29, 0.717) is 15.2 Å². The van der Waals surface area contributed by atoms with E-state index < -0.39 is 0 Å². The second-order valence-corrected chi connectivity index (χ2v) is 5.85. The van der Waals surface area contributed by atoms with Crippen LogP contribution in [-0.2, 0) is 0 Å². The van der Waals surface area contributed by atoms with Crippen LogP contribution in [0, 0.1) is 11.7 Å². The molecule has 2 atom stereocenters. The Balaban J connectivity index is 2.73. The van der Waals surface area contributed by atoms with E-state index >= 15 is 0 Å². The van der Waals surface area contributed by atoms with Crippen molar-refractivity contribution < 1.29 is 4.39 Å². The molecular formula is C12H15Br2F. The molecule has 0 amide bonds. The highest BCUT2D eigenvalue weighted by Crippen LogP contribution is 2.32. The van der Waals surface area contributed by atoms with Gasteiger partial charge in [0.2, 0.25) is 0 Å². The van der Waals surface area contributed by atoms with E-state index in [1.807, 2.05) is 12.1 Å². The molecule has 0 radical (unpaired) electrons. The fourth-order valence-electron chi connectivity index (χ4n) is 1.36. The quantitative estimate of drug-likeness (QED) is 0.640. The molecule has 0 heterocycles. The molecule has 1 aromatic carbocycles. The predicted molar refractivity (Wildman–Crippen MR) is 69.8 cm³/mol. The molecule has 0 saturated carbocycles. The van der Waals surface area contributed by atoms with Crippen LogP contribution in [0.1, 0.15) is 37.1 Å². The number of halogens is 3. The maximum absolute atomic E-state index is 13.0. The maximum Gasteiger partial charge on any atom is 0.137 e. The van der Waals surface area contributed by atoms with Crippen LogP contribution in [0.4, 0.5) is 4.39 Å². The van der Waals surface area contributed by atoms with Gasteiger partial charge in [-0.2, -0.15) is 0 Å². The molecule has 3 heteroatoms. The average molecular weight is 338 g/mol. The van der Waals surface area contributed by atoms with Gasteiger partial charge >= 0.3 is 0 Å². The van der Waals surface area contributed by atoms with Crippen molar-refractivity contribution in [3.05, 3.63) is 34.1 Å². The molecule has 1 aromatic rings. The summed E-state index contributed by atoms with van der Waals surface area (Å²) in [5, 5.41) is 0. The lowest BCUT2D eigenvalue weighted by atomic mass is 9.99. The van der Waals surface area contributed by atoms with Gasteiger partial charge in [0.15, 0.2) is 0 Å². The van der Waals surface area contributed by atoms with Crippen LogP contribution in [-0.4, -0.2) is 0 Å². The zero-order valence-corrected chi connectivity index (χ0v) is 12.1. The molecule has 0 bridgehead atoms. The van der Waals surface area contributed by atoms with Crippen molar-refractivity contribution in [2.75, 3.05) is 0 Å². The third-order valence-corrected chi connectivity index (χ3v) is 4.12. The molecule has 0 aliphatic carbocycles. The van der Waals surface area contributed by atoms with E-state index in [0.717, 1.165) is 12.0 Å². The van der Waals surface area contributed by atoms with Gasteiger partial charge in [0.25, 0.3) is 0 Å². The summed E-state index contributed by atoms with van der Waals surface area (Å²) >= 11 is 6.84. The molecule has 0 saturated heterocycles. The van der Waals surface area contributed by atoms with E-state index in [1.165, 1.54) is 12.5 Å². The Morgan fingerprint density at radius 1 is 1.40 bits per heavy atom. The minimum Gasteiger partial charge on any atom is -0.206 e. The Kier molecular flexibility index (Phi) is 5.27. The fourth-order valence-corrected chi connectivity index (χ4v) is 2.68. The molecule has 0 spiro atoms. The molecule has 84 valence electrons. The zero-order chi connectivity index (χ0) is 11.4. The monoisotopic (exact) mass is 336 g/mol. The summed E-state index contributed by atoms with van der Waals surface area (Å²) in [7, 11) is 0. The Labute approximate surface area is 108 Å². The zero-order valence-electron chi connectivity index (χ0n) is 8.93. The highest BCUT2D eigenvalue weighted by atomic mass is 79.9. The third kappa shape index (κ3) is 3.87. The predicted octanol–water partition coefficient (Wildman–Crippen LogP) is 5.46. The number of hydrogen-bond donors (Lipinski definition) is 0. The van der Waals surface area contributed by atoms with Crippen molar-refractivity contribution >= 4 is 31.9 Å². The van der Waals surface area contributed by atoms with E-state index in [4.69, 9.17) is 0 Å². The Morgan fingerprint density at radius 2 is 2.07 bits per heavy atom. The minimum absolute atomic E-state index is 0.206. The molecular weight excluding hydrogens is 323 g/mol. The minimum atomic E-state index is -0.206. The first-order valence-corrected chi connectivity index (χ1v) is 6.84. The van der Waals surface area contributed by atoms with E-state index in [2.05, 4.69) is 45.7 Å². The van der Waals surface area contributed by atoms with Crippen LogP contribution in [0.2, 0.25) is 0 Å². The molecule has 0 aliphatic rings. The number of hydrogen-bond acceptors (Lipinski definition) is 0. The summed E-state index contributed by atoms with van der Waals surface area (Å²) in [6, 6.07) is 5.18. The Hall–Kier alpha value is 0.110. The topological polar surface area (TPSA) is 0 Å². The number of alkyl halides is 1. The second kappa shape index (κ2) is 6.00. The lowest BCUT2D eigenvalue weighted by Gasteiger charge is -2.15.